The van der Waals surface area contributed by atoms with Crippen LogP contribution in [0.5, 0.6) is 0 Å². The van der Waals surface area contributed by atoms with E-state index in [1.807, 2.05) is 0 Å². The third-order valence-corrected chi connectivity index (χ3v) is 2.30. The van der Waals surface area contributed by atoms with E-state index in [1.54, 1.807) is 27.7 Å². The number of ether oxygens (including phenoxy) is 1. The molecule has 4 heteroatoms. The predicted molar refractivity (Wildman–Crippen MR) is 132 cm³/mol. The third kappa shape index (κ3) is 15.4. The Morgan fingerprint density at radius 1 is 1.00 bits per heavy atom. The fraction of sp³-hybridized carbons (Fsp3) is 0.304. The van der Waals surface area contributed by atoms with Crippen LogP contribution in [0.15, 0.2) is 87.2 Å². The second kappa shape index (κ2) is 13.4. The van der Waals surface area contributed by atoms with Crippen molar-refractivity contribution < 1.29 is 36.0 Å². The molecule has 0 rings (SSSR count). The summed E-state index contributed by atoms with van der Waals surface area (Å²) in [7, 11) is 0. The molecule has 0 radical (unpaired) electrons. The topological polar surface area (TPSA) is 58.6 Å². The van der Waals surface area contributed by atoms with Crippen LogP contribution in [0.1, 0.15) is 49.1 Å². The maximum absolute atomic E-state index is 11.6. The maximum Gasteiger partial charge on any atom is 0.407 e. The van der Waals surface area contributed by atoms with Gasteiger partial charge in [0.05, 0.1) is 6.04 Å². The van der Waals surface area contributed by atoms with Gasteiger partial charge in [-0.05, 0) is 103 Å². The Morgan fingerprint density at radius 3 is 1.89 bits per heavy atom. The minimum Gasteiger partial charge on any atom is -0.444 e. The Hall–Kier alpha value is -3.89. The molecular weight excluding hydrogens is 338 g/mol. The van der Waals surface area contributed by atoms with E-state index in [0.717, 1.165) is 0 Å². The van der Waals surface area contributed by atoms with Crippen LogP contribution in [0.4, 0.5) is 4.79 Å². The van der Waals surface area contributed by atoms with E-state index in [4.69, 9.17) is 4.74 Å². The molecule has 0 aromatic heterocycles. The van der Waals surface area contributed by atoms with Crippen molar-refractivity contribution in [1.82, 2.24) is 5.32 Å². The summed E-state index contributed by atoms with van der Waals surface area (Å²) in [5.41, 5.74) is 31.6. The SMILES string of the molecule is C=C=C=C=C=C=C=C=C=C=C=C=C=C=C[C@H](O)[C@H](C)NC(=O)OC(C)(C)C.[HH].[HH].[HH].[HH].[HH].[HH].[HH].[HH].[HH].[HH].[HH].[HH].[HH].[HH].[HH]. The van der Waals surface area contributed by atoms with Crippen molar-refractivity contribution in [1.29, 1.82) is 0 Å². The number of carbonyl (C=O) groups excluding carboxylic acids is 1. The van der Waals surface area contributed by atoms with Gasteiger partial charge in [-0.1, -0.05) is 11.5 Å². The van der Waals surface area contributed by atoms with E-state index in [9.17, 15) is 9.90 Å². The molecule has 2 N–H and O–H groups in total. The monoisotopic (exact) mass is 387 g/mol. The zero-order chi connectivity index (χ0) is 20.5. The summed E-state index contributed by atoms with van der Waals surface area (Å²) in [5.74, 6) is 0. The van der Waals surface area contributed by atoms with Crippen LogP contribution >= 0.6 is 0 Å². The van der Waals surface area contributed by atoms with Gasteiger partial charge in [-0.2, -0.15) is 0 Å². The van der Waals surface area contributed by atoms with Crippen molar-refractivity contribution in [3.63, 3.8) is 0 Å². The van der Waals surface area contributed by atoms with Gasteiger partial charge in [0.2, 0.25) is 0 Å². The molecule has 0 saturated carbocycles. The number of hydrogen-bond acceptors (Lipinski definition) is 3. The van der Waals surface area contributed by atoms with Gasteiger partial charge in [0.1, 0.15) is 11.7 Å². The molecular formula is C23H49NO3. The molecule has 0 unspecified atom stereocenters. The highest BCUT2D eigenvalue weighted by Crippen LogP contribution is 2.07. The number of carbonyl (C=O) groups is 1. The third-order valence-electron chi connectivity index (χ3n) is 2.30. The van der Waals surface area contributed by atoms with Crippen molar-refractivity contribution in [2.45, 2.75) is 45.4 Å². The highest BCUT2D eigenvalue weighted by Gasteiger charge is 2.19. The van der Waals surface area contributed by atoms with Gasteiger partial charge in [-0.25, -0.2) is 4.79 Å². The molecule has 0 spiro atoms. The number of amides is 1. The molecule has 0 bridgehead atoms. The Balaban J connectivity index is -0.0000000322. The van der Waals surface area contributed by atoms with E-state index >= 15 is 0 Å². The molecule has 0 aliphatic rings. The lowest BCUT2D eigenvalue weighted by Gasteiger charge is -2.22. The molecule has 0 aliphatic carbocycles. The Labute approximate surface area is 181 Å². The van der Waals surface area contributed by atoms with Crippen LogP contribution in [0, 0.1) is 0 Å². The largest absolute Gasteiger partial charge is 0.444 e. The minimum absolute atomic E-state index is 0. The Morgan fingerprint density at radius 2 is 1.44 bits per heavy atom. The van der Waals surface area contributed by atoms with Gasteiger partial charge in [-0.3, -0.25) is 0 Å². The molecule has 2 atom stereocenters. The Kier molecular flexibility index (Phi) is 11.5. The summed E-state index contributed by atoms with van der Waals surface area (Å²) in [4.78, 5) is 11.6. The summed E-state index contributed by atoms with van der Waals surface area (Å²) in [6.45, 7) is 10.2. The van der Waals surface area contributed by atoms with Gasteiger partial charge < -0.3 is 15.2 Å². The number of aliphatic hydroxyl groups is 1. The van der Waals surface area contributed by atoms with Crippen LogP contribution in [0.3, 0.4) is 0 Å². The van der Waals surface area contributed by atoms with Gasteiger partial charge in [0.15, 0.2) is 0 Å². The van der Waals surface area contributed by atoms with E-state index in [2.05, 4.69) is 86.4 Å². The lowest BCUT2D eigenvalue weighted by Crippen LogP contribution is -2.42. The fourth-order valence-electron chi connectivity index (χ4n) is 1.21. The second-order valence-electron chi connectivity index (χ2n) is 5.79. The van der Waals surface area contributed by atoms with Crippen LogP contribution in [-0.4, -0.2) is 28.9 Å². The van der Waals surface area contributed by atoms with Crippen LogP contribution < -0.4 is 5.32 Å². The van der Waals surface area contributed by atoms with Crippen LogP contribution in [-0.2, 0) is 4.74 Å². The molecule has 0 saturated heterocycles. The molecule has 164 valence electrons. The number of aliphatic hydroxyl groups excluding tert-OH is 1. The second-order valence-corrected chi connectivity index (χ2v) is 5.79. The summed E-state index contributed by atoms with van der Waals surface area (Å²) < 4.78 is 5.10. The molecule has 27 heavy (non-hydrogen) atoms. The fourth-order valence-corrected chi connectivity index (χ4v) is 1.21. The van der Waals surface area contributed by atoms with Crippen molar-refractivity contribution in [3.8, 4) is 0 Å². The zero-order valence-electron chi connectivity index (χ0n) is 15.7. The number of alkyl carbamates (subject to hydrolysis) is 1. The molecule has 0 aliphatic heterocycles. The first-order chi connectivity index (χ1) is 12.8. The van der Waals surface area contributed by atoms with E-state index in [-0.39, 0.29) is 21.4 Å². The van der Waals surface area contributed by atoms with E-state index in [0.29, 0.717) is 0 Å². The van der Waals surface area contributed by atoms with Crippen molar-refractivity contribution in [3.05, 3.63) is 87.2 Å². The molecule has 0 aromatic rings. The average molecular weight is 388 g/mol. The number of rotatable bonds is 3. The minimum atomic E-state index is -0.968. The normalized spacial score (nSPS) is 9.96. The maximum atomic E-state index is 11.6. The summed E-state index contributed by atoms with van der Waals surface area (Å²) in [6.07, 6.45) is -0.257. The van der Waals surface area contributed by atoms with E-state index in [1.165, 1.54) is 6.08 Å². The lowest BCUT2D eigenvalue weighted by atomic mass is 10.2. The summed E-state index contributed by atoms with van der Waals surface area (Å²) in [5, 5.41) is 12.4. The highest BCUT2D eigenvalue weighted by atomic mass is 16.6. The first kappa shape index (κ1) is 23.1. The average Bonchev–Trinajstić information content (AvgIpc) is 2.57. The number of nitrogens with one attached hydrogen (secondary N) is 1. The molecule has 0 heterocycles. The van der Waals surface area contributed by atoms with E-state index < -0.39 is 23.8 Å². The Bertz CT molecular complexity index is 1080. The first-order valence-corrected chi connectivity index (χ1v) is 7.80. The zero-order valence-corrected chi connectivity index (χ0v) is 15.7. The predicted octanol–water partition coefficient (Wildman–Crippen LogP) is 7.15. The smallest absolute Gasteiger partial charge is 0.407 e. The van der Waals surface area contributed by atoms with Gasteiger partial charge >= 0.3 is 6.09 Å². The molecule has 4 nitrogen and oxygen atoms in total. The molecule has 0 aromatic carbocycles. The van der Waals surface area contributed by atoms with Crippen molar-refractivity contribution >= 4 is 6.09 Å². The first-order valence-electron chi connectivity index (χ1n) is 7.80. The van der Waals surface area contributed by atoms with Gasteiger partial charge in [-0.15, -0.1) is 0 Å². The lowest BCUT2D eigenvalue weighted by molar-refractivity contribution is 0.0465. The molecule has 0 fully saturated rings. The van der Waals surface area contributed by atoms with Crippen molar-refractivity contribution in [2.24, 2.45) is 0 Å². The highest BCUT2D eigenvalue weighted by molar-refractivity contribution is 5.68. The number of hydrogen-bond donors (Lipinski definition) is 2. The molecule has 1 amide bonds. The van der Waals surface area contributed by atoms with Gasteiger partial charge in [0, 0.05) is 21.4 Å². The van der Waals surface area contributed by atoms with Crippen LogP contribution in [0.2, 0.25) is 0 Å². The van der Waals surface area contributed by atoms with Crippen LogP contribution in [0.25, 0.3) is 0 Å². The summed E-state index contributed by atoms with van der Waals surface area (Å²) >= 11 is 0. The summed E-state index contributed by atoms with van der Waals surface area (Å²) in [6, 6.07) is -0.563. The van der Waals surface area contributed by atoms with Crippen molar-refractivity contribution in [2.75, 3.05) is 0 Å². The van der Waals surface area contributed by atoms with Gasteiger partial charge in [0.25, 0.3) is 0 Å². The quantitative estimate of drug-likeness (QED) is 0.505. The standard InChI is InChI=1S/C23H19NO3.15H2/c1-6-7-8-9-10-11-12-13-14-15-16-17-18-19-21(25)20(2)24-22(26)27-23(3,4)5;;;;;;;;;;;;;;;/h19-21,25H,1H2,2-5H3,(H,24,26);15*1H/t20-,21-;;;;;;;;;;;;;;;/m0.............../s1.